The number of carbonyl (C=O) groups is 1. The van der Waals surface area contributed by atoms with Crippen molar-refractivity contribution in [2.45, 2.75) is 71.1 Å². The highest BCUT2D eigenvalue weighted by Gasteiger charge is 2.12. The molecule has 0 aromatic heterocycles. The molecule has 0 bridgehead atoms. The molecule has 0 aliphatic carbocycles. The molecule has 0 atom stereocenters. The maximum absolute atomic E-state index is 11.2. The van der Waals surface area contributed by atoms with Gasteiger partial charge in [-0.25, -0.2) is 4.79 Å². The molecule has 1 aromatic carbocycles. The molecule has 0 saturated carbocycles. The van der Waals surface area contributed by atoms with Crippen LogP contribution < -0.4 is 5.32 Å². The number of hydrogen-bond donors (Lipinski definition) is 2. The van der Waals surface area contributed by atoms with E-state index >= 15 is 0 Å². The first-order valence-corrected chi connectivity index (χ1v) is 9.68. The summed E-state index contributed by atoms with van der Waals surface area (Å²) in [6, 6.07) is 6.89. The van der Waals surface area contributed by atoms with E-state index in [0.717, 1.165) is 13.0 Å². The van der Waals surface area contributed by atoms with Crippen molar-refractivity contribution in [3.8, 4) is 0 Å². The van der Waals surface area contributed by atoms with Crippen LogP contribution in [0.15, 0.2) is 24.3 Å². The fourth-order valence-electron chi connectivity index (χ4n) is 2.78. The molecule has 0 heterocycles. The molecule has 0 radical (unpaired) electrons. The summed E-state index contributed by atoms with van der Waals surface area (Å²) in [7, 11) is 0. The van der Waals surface area contributed by atoms with Crippen LogP contribution in [0.5, 0.6) is 0 Å². The Labute approximate surface area is 151 Å². The molecule has 0 aliphatic heterocycles. The molecule has 1 aromatic rings. The highest BCUT2D eigenvalue weighted by atomic mass is 32.1. The molecule has 0 unspecified atom stereocenters. The van der Waals surface area contributed by atoms with Gasteiger partial charge in [0.1, 0.15) is 4.99 Å². The SMILES string of the molecule is CCCCCCCCCCCCNC(=S)c1ccccc1C(=O)O. The maximum atomic E-state index is 11.2. The van der Waals surface area contributed by atoms with Crippen LogP contribution in [0.3, 0.4) is 0 Å². The smallest absolute Gasteiger partial charge is 0.336 e. The van der Waals surface area contributed by atoms with Crippen LogP contribution in [0.1, 0.15) is 87.1 Å². The van der Waals surface area contributed by atoms with Crippen molar-refractivity contribution >= 4 is 23.2 Å². The van der Waals surface area contributed by atoms with E-state index in [1.807, 2.05) is 6.07 Å². The summed E-state index contributed by atoms with van der Waals surface area (Å²) in [4.78, 5) is 11.7. The van der Waals surface area contributed by atoms with Crippen LogP contribution in [0.2, 0.25) is 0 Å². The first-order valence-electron chi connectivity index (χ1n) is 9.27. The number of rotatable bonds is 13. The van der Waals surface area contributed by atoms with Crippen LogP contribution in [0.25, 0.3) is 0 Å². The summed E-state index contributed by atoms with van der Waals surface area (Å²) in [6.45, 7) is 3.06. The van der Waals surface area contributed by atoms with Gasteiger partial charge in [0.25, 0.3) is 0 Å². The normalized spacial score (nSPS) is 10.5. The lowest BCUT2D eigenvalue weighted by molar-refractivity contribution is 0.0696. The van der Waals surface area contributed by atoms with Gasteiger partial charge in [-0.3, -0.25) is 0 Å². The van der Waals surface area contributed by atoms with Crippen LogP contribution in [-0.4, -0.2) is 22.6 Å². The monoisotopic (exact) mass is 349 g/mol. The first-order chi connectivity index (χ1) is 11.7. The number of aromatic carboxylic acids is 1. The van der Waals surface area contributed by atoms with Crippen LogP contribution in [0.4, 0.5) is 0 Å². The average Bonchev–Trinajstić information content (AvgIpc) is 2.59. The summed E-state index contributed by atoms with van der Waals surface area (Å²) in [5.74, 6) is -0.936. The lowest BCUT2D eigenvalue weighted by Crippen LogP contribution is -2.25. The molecule has 1 rings (SSSR count). The highest BCUT2D eigenvalue weighted by Crippen LogP contribution is 2.11. The fraction of sp³-hybridized carbons (Fsp3) is 0.600. The topological polar surface area (TPSA) is 49.3 Å². The molecule has 0 amide bonds. The van der Waals surface area contributed by atoms with Gasteiger partial charge in [0.05, 0.1) is 5.56 Å². The second-order valence-corrected chi connectivity index (χ2v) is 6.70. The van der Waals surface area contributed by atoms with Gasteiger partial charge in [-0.1, -0.05) is 95.1 Å². The number of benzene rings is 1. The third-order valence-electron chi connectivity index (χ3n) is 4.22. The van der Waals surface area contributed by atoms with Crippen molar-refractivity contribution in [1.29, 1.82) is 0 Å². The minimum atomic E-state index is -0.936. The van der Waals surface area contributed by atoms with Crippen LogP contribution in [-0.2, 0) is 0 Å². The molecular weight excluding hydrogens is 318 g/mol. The minimum Gasteiger partial charge on any atom is -0.478 e. The van der Waals surface area contributed by atoms with Gasteiger partial charge in [-0.15, -0.1) is 0 Å². The maximum Gasteiger partial charge on any atom is 0.336 e. The average molecular weight is 350 g/mol. The summed E-state index contributed by atoms with van der Waals surface area (Å²) in [5, 5.41) is 12.4. The zero-order valence-corrected chi connectivity index (χ0v) is 15.7. The van der Waals surface area contributed by atoms with Gasteiger partial charge in [-0.2, -0.15) is 0 Å². The molecule has 2 N–H and O–H groups in total. The van der Waals surface area contributed by atoms with E-state index in [1.54, 1.807) is 18.2 Å². The molecule has 0 fully saturated rings. The number of nitrogens with one attached hydrogen (secondary N) is 1. The van der Waals surface area contributed by atoms with E-state index in [0.29, 0.717) is 10.6 Å². The molecule has 0 spiro atoms. The van der Waals surface area contributed by atoms with E-state index in [1.165, 1.54) is 57.8 Å². The zero-order valence-electron chi connectivity index (χ0n) is 14.9. The third kappa shape index (κ3) is 8.44. The number of hydrogen-bond acceptors (Lipinski definition) is 2. The van der Waals surface area contributed by atoms with Gasteiger partial charge >= 0.3 is 5.97 Å². The Kier molecular flexibility index (Phi) is 11.1. The predicted molar refractivity (Wildman–Crippen MR) is 105 cm³/mol. The number of carboxylic acid groups (broad SMARTS) is 1. The van der Waals surface area contributed by atoms with Gasteiger partial charge < -0.3 is 10.4 Å². The van der Waals surface area contributed by atoms with E-state index in [-0.39, 0.29) is 5.56 Å². The lowest BCUT2D eigenvalue weighted by Gasteiger charge is -2.10. The van der Waals surface area contributed by atoms with Crippen molar-refractivity contribution in [3.05, 3.63) is 35.4 Å². The number of carboxylic acids is 1. The highest BCUT2D eigenvalue weighted by molar-refractivity contribution is 7.80. The Balaban J connectivity index is 2.09. The molecule has 3 nitrogen and oxygen atoms in total. The number of unbranched alkanes of at least 4 members (excludes halogenated alkanes) is 9. The fourth-order valence-corrected chi connectivity index (χ4v) is 3.06. The van der Waals surface area contributed by atoms with Crippen molar-refractivity contribution < 1.29 is 9.90 Å². The van der Waals surface area contributed by atoms with Gasteiger partial charge in [0, 0.05) is 12.1 Å². The third-order valence-corrected chi connectivity index (χ3v) is 4.58. The predicted octanol–water partition coefficient (Wildman–Crippen LogP) is 5.57. The Morgan fingerprint density at radius 3 is 1.96 bits per heavy atom. The molecule has 0 aliphatic rings. The Morgan fingerprint density at radius 2 is 1.42 bits per heavy atom. The van der Waals surface area contributed by atoms with E-state index in [2.05, 4.69) is 12.2 Å². The summed E-state index contributed by atoms with van der Waals surface area (Å²) < 4.78 is 0. The first kappa shape index (κ1) is 20.6. The molecule has 0 saturated heterocycles. The summed E-state index contributed by atoms with van der Waals surface area (Å²) in [5.41, 5.74) is 0.866. The molecule has 4 heteroatoms. The van der Waals surface area contributed by atoms with Crippen LogP contribution in [0, 0.1) is 0 Å². The molecular formula is C20H31NO2S. The zero-order chi connectivity index (χ0) is 17.6. The molecule has 134 valence electrons. The van der Waals surface area contributed by atoms with Gasteiger partial charge in [0.15, 0.2) is 0 Å². The van der Waals surface area contributed by atoms with Crippen molar-refractivity contribution in [1.82, 2.24) is 5.32 Å². The largest absolute Gasteiger partial charge is 0.478 e. The standard InChI is InChI=1S/C20H31NO2S/c1-2-3-4-5-6-7-8-9-10-13-16-21-19(24)17-14-11-12-15-18(17)20(22)23/h11-12,14-15H,2-10,13,16H2,1H3,(H,21,24)(H,22,23). The second-order valence-electron chi connectivity index (χ2n) is 6.29. The Hall–Kier alpha value is -1.42. The van der Waals surface area contributed by atoms with Gasteiger partial charge in [0.2, 0.25) is 0 Å². The van der Waals surface area contributed by atoms with Crippen molar-refractivity contribution in [2.24, 2.45) is 0 Å². The summed E-state index contributed by atoms with van der Waals surface area (Å²) in [6.07, 6.45) is 13.0. The Morgan fingerprint density at radius 1 is 0.917 bits per heavy atom. The van der Waals surface area contributed by atoms with Crippen molar-refractivity contribution in [2.75, 3.05) is 6.54 Å². The van der Waals surface area contributed by atoms with E-state index in [4.69, 9.17) is 12.2 Å². The second kappa shape index (κ2) is 12.9. The summed E-state index contributed by atoms with van der Waals surface area (Å²) >= 11 is 5.32. The molecule has 24 heavy (non-hydrogen) atoms. The minimum absolute atomic E-state index is 0.262. The Bertz CT molecular complexity index is 502. The quantitative estimate of drug-likeness (QED) is 0.361. The van der Waals surface area contributed by atoms with E-state index < -0.39 is 5.97 Å². The van der Waals surface area contributed by atoms with Gasteiger partial charge in [-0.05, 0) is 12.5 Å². The van der Waals surface area contributed by atoms with E-state index in [9.17, 15) is 9.90 Å². The number of thiocarbonyl (C=S) groups is 1. The van der Waals surface area contributed by atoms with Crippen LogP contribution >= 0.6 is 12.2 Å². The van der Waals surface area contributed by atoms with Crippen molar-refractivity contribution in [3.63, 3.8) is 0 Å². The lowest BCUT2D eigenvalue weighted by atomic mass is 10.1.